The standard InChI is InChI=1S/C11H19NO2/c13-11-3-1-10(2-4-11)9-12-5-7-14-8-6-12/h10H,1-9H2. The Morgan fingerprint density at radius 3 is 2.50 bits per heavy atom. The molecule has 2 fully saturated rings. The van der Waals surface area contributed by atoms with E-state index in [-0.39, 0.29) is 0 Å². The maximum atomic E-state index is 11.1. The van der Waals surface area contributed by atoms with E-state index in [4.69, 9.17) is 4.74 Å². The molecule has 0 spiro atoms. The molecule has 0 amide bonds. The fourth-order valence-corrected chi connectivity index (χ4v) is 2.33. The van der Waals surface area contributed by atoms with Gasteiger partial charge in [-0.2, -0.15) is 0 Å². The summed E-state index contributed by atoms with van der Waals surface area (Å²) in [4.78, 5) is 13.5. The van der Waals surface area contributed by atoms with Gasteiger partial charge in [0.1, 0.15) is 5.78 Å². The maximum Gasteiger partial charge on any atom is 0.132 e. The second kappa shape index (κ2) is 4.89. The van der Waals surface area contributed by atoms with Crippen LogP contribution in [0.5, 0.6) is 0 Å². The number of ether oxygens (including phenoxy) is 1. The van der Waals surface area contributed by atoms with Gasteiger partial charge in [0.25, 0.3) is 0 Å². The van der Waals surface area contributed by atoms with E-state index < -0.39 is 0 Å². The predicted molar refractivity (Wildman–Crippen MR) is 54.2 cm³/mol. The zero-order valence-electron chi connectivity index (χ0n) is 8.71. The van der Waals surface area contributed by atoms with E-state index in [1.54, 1.807) is 0 Å². The summed E-state index contributed by atoms with van der Waals surface area (Å²) in [6, 6.07) is 0. The fourth-order valence-electron chi connectivity index (χ4n) is 2.33. The van der Waals surface area contributed by atoms with Crippen LogP contribution in [0, 0.1) is 5.92 Å². The Morgan fingerprint density at radius 2 is 1.86 bits per heavy atom. The van der Waals surface area contributed by atoms with Crippen molar-refractivity contribution < 1.29 is 9.53 Å². The molecule has 1 aliphatic heterocycles. The quantitative estimate of drug-likeness (QED) is 0.663. The van der Waals surface area contributed by atoms with Crippen molar-refractivity contribution in [3.8, 4) is 0 Å². The van der Waals surface area contributed by atoms with Gasteiger partial charge in [-0.1, -0.05) is 0 Å². The molecule has 3 nitrogen and oxygen atoms in total. The van der Waals surface area contributed by atoms with Gasteiger partial charge in [0.05, 0.1) is 13.2 Å². The van der Waals surface area contributed by atoms with E-state index >= 15 is 0 Å². The first-order chi connectivity index (χ1) is 6.84. The van der Waals surface area contributed by atoms with Gasteiger partial charge in [-0.15, -0.1) is 0 Å². The van der Waals surface area contributed by atoms with Gasteiger partial charge in [-0.25, -0.2) is 0 Å². The fraction of sp³-hybridized carbons (Fsp3) is 0.909. The zero-order chi connectivity index (χ0) is 9.80. The molecule has 1 saturated heterocycles. The average Bonchev–Trinajstić information content (AvgIpc) is 2.23. The average molecular weight is 197 g/mol. The van der Waals surface area contributed by atoms with E-state index in [1.807, 2.05) is 0 Å². The van der Waals surface area contributed by atoms with Crippen LogP contribution in [0.2, 0.25) is 0 Å². The van der Waals surface area contributed by atoms with Gasteiger partial charge >= 0.3 is 0 Å². The molecule has 0 radical (unpaired) electrons. The van der Waals surface area contributed by atoms with Crippen LogP contribution in [0.15, 0.2) is 0 Å². The van der Waals surface area contributed by atoms with Crippen LogP contribution in [0.4, 0.5) is 0 Å². The van der Waals surface area contributed by atoms with Crippen LogP contribution in [0.1, 0.15) is 25.7 Å². The first-order valence-corrected chi connectivity index (χ1v) is 5.66. The van der Waals surface area contributed by atoms with Crippen LogP contribution in [0.3, 0.4) is 0 Å². The number of morpholine rings is 1. The second-order valence-electron chi connectivity index (χ2n) is 4.40. The normalized spacial score (nSPS) is 26.7. The SMILES string of the molecule is O=C1CCC(CN2CCOCC2)CC1. The zero-order valence-corrected chi connectivity index (χ0v) is 8.71. The highest BCUT2D eigenvalue weighted by molar-refractivity contribution is 5.79. The molecule has 0 aromatic heterocycles. The highest BCUT2D eigenvalue weighted by atomic mass is 16.5. The van der Waals surface area contributed by atoms with E-state index in [0.717, 1.165) is 57.9 Å². The molecule has 0 atom stereocenters. The van der Waals surface area contributed by atoms with Crippen molar-refractivity contribution in [3.63, 3.8) is 0 Å². The van der Waals surface area contributed by atoms with Crippen molar-refractivity contribution in [2.45, 2.75) is 25.7 Å². The number of carbonyl (C=O) groups excluding carboxylic acids is 1. The number of nitrogens with zero attached hydrogens (tertiary/aromatic N) is 1. The summed E-state index contributed by atoms with van der Waals surface area (Å²) < 4.78 is 5.31. The largest absolute Gasteiger partial charge is 0.379 e. The van der Waals surface area contributed by atoms with Crippen molar-refractivity contribution in [2.24, 2.45) is 5.92 Å². The summed E-state index contributed by atoms with van der Waals surface area (Å²) in [5.41, 5.74) is 0. The predicted octanol–water partition coefficient (Wildman–Crippen LogP) is 1.08. The molecule has 0 aromatic rings. The molecule has 14 heavy (non-hydrogen) atoms. The lowest BCUT2D eigenvalue weighted by Crippen LogP contribution is -2.40. The molecule has 2 rings (SSSR count). The van der Waals surface area contributed by atoms with E-state index in [0.29, 0.717) is 5.78 Å². The minimum Gasteiger partial charge on any atom is -0.379 e. The van der Waals surface area contributed by atoms with Crippen LogP contribution < -0.4 is 0 Å². The summed E-state index contributed by atoms with van der Waals surface area (Å²) >= 11 is 0. The summed E-state index contributed by atoms with van der Waals surface area (Å²) in [6.07, 6.45) is 3.84. The lowest BCUT2D eigenvalue weighted by molar-refractivity contribution is -0.121. The number of hydrogen-bond donors (Lipinski definition) is 0. The summed E-state index contributed by atoms with van der Waals surface area (Å²) in [6.45, 7) is 5.09. The Kier molecular flexibility index (Phi) is 3.54. The molecule has 1 saturated carbocycles. The third-order valence-corrected chi connectivity index (χ3v) is 3.28. The molecule has 2 aliphatic rings. The van der Waals surface area contributed by atoms with E-state index in [1.165, 1.54) is 6.54 Å². The Labute approximate surface area is 85.4 Å². The summed E-state index contributed by atoms with van der Waals surface area (Å²) in [5.74, 6) is 1.22. The summed E-state index contributed by atoms with van der Waals surface area (Å²) in [7, 11) is 0. The van der Waals surface area contributed by atoms with Gasteiger partial charge in [0.15, 0.2) is 0 Å². The van der Waals surface area contributed by atoms with Gasteiger partial charge in [-0.05, 0) is 18.8 Å². The molecule has 80 valence electrons. The smallest absolute Gasteiger partial charge is 0.132 e. The Hall–Kier alpha value is -0.410. The van der Waals surface area contributed by atoms with Crippen molar-refractivity contribution in [3.05, 3.63) is 0 Å². The van der Waals surface area contributed by atoms with Crippen LogP contribution in [0.25, 0.3) is 0 Å². The van der Waals surface area contributed by atoms with Crippen molar-refractivity contribution >= 4 is 5.78 Å². The second-order valence-corrected chi connectivity index (χ2v) is 4.40. The van der Waals surface area contributed by atoms with Gasteiger partial charge in [0.2, 0.25) is 0 Å². The Bertz CT molecular complexity index is 189. The number of carbonyl (C=O) groups is 1. The third-order valence-electron chi connectivity index (χ3n) is 3.28. The number of rotatable bonds is 2. The van der Waals surface area contributed by atoms with Crippen molar-refractivity contribution in [1.29, 1.82) is 0 Å². The highest BCUT2D eigenvalue weighted by Gasteiger charge is 2.21. The van der Waals surface area contributed by atoms with Crippen LogP contribution in [-0.4, -0.2) is 43.5 Å². The molecule has 0 unspecified atom stereocenters. The molecule has 1 heterocycles. The highest BCUT2D eigenvalue weighted by Crippen LogP contribution is 2.22. The number of hydrogen-bond acceptors (Lipinski definition) is 3. The summed E-state index contributed by atoms with van der Waals surface area (Å²) in [5, 5.41) is 0. The monoisotopic (exact) mass is 197 g/mol. The minimum absolute atomic E-state index is 0.461. The van der Waals surface area contributed by atoms with Crippen LogP contribution >= 0.6 is 0 Å². The van der Waals surface area contributed by atoms with E-state index in [2.05, 4.69) is 4.90 Å². The molecule has 0 N–H and O–H groups in total. The third kappa shape index (κ3) is 2.79. The van der Waals surface area contributed by atoms with Gasteiger partial charge in [0, 0.05) is 32.5 Å². The minimum atomic E-state index is 0.461. The van der Waals surface area contributed by atoms with Crippen molar-refractivity contribution in [1.82, 2.24) is 4.90 Å². The number of ketones is 1. The Balaban J connectivity index is 1.71. The molecule has 3 heteroatoms. The molecular weight excluding hydrogens is 178 g/mol. The number of Topliss-reactive ketones (excluding diaryl/α,β-unsaturated/α-hetero) is 1. The molecule has 1 aliphatic carbocycles. The van der Waals surface area contributed by atoms with E-state index in [9.17, 15) is 4.79 Å². The van der Waals surface area contributed by atoms with Crippen LogP contribution in [-0.2, 0) is 9.53 Å². The topological polar surface area (TPSA) is 29.5 Å². The lowest BCUT2D eigenvalue weighted by Gasteiger charge is -2.31. The lowest BCUT2D eigenvalue weighted by atomic mass is 9.88. The van der Waals surface area contributed by atoms with Gasteiger partial charge in [-0.3, -0.25) is 9.69 Å². The molecule has 0 aromatic carbocycles. The molecule has 0 bridgehead atoms. The first-order valence-electron chi connectivity index (χ1n) is 5.66. The Morgan fingerprint density at radius 1 is 1.21 bits per heavy atom. The maximum absolute atomic E-state index is 11.1. The van der Waals surface area contributed by atoms with Crippen molar-refractivity contribution in [2.75, 3.05) is 32.8 Å². The van der Waals surface area contributed by atoms with Gasteiger partial charge < -0.3 is 4.74 Å². The molecular formula is C11H19NO2. The first kappa shape index (κ1) is 10.1.